The van der Waals surface area contributed by atoms with Crippen molar-refractivity contribution in [3.8, 4) is 28.3 Å². The number of carbonyl (C=O) groups excluding carboxylic acids is 1. The minimum Gasteiger partial charge on any atom is -0.481 e. The number of carbonyl (C=O) groups is 2. The number of likely N-dealkylation sites (tertiary alicyclic amines) is 1. The van der Waals surface area contributed by atoms with Crippen molar-refractivity contribution in [1.82, 2.24) is 19.0 Å². The Bertz CT molecular complexity index is 2020. The van der Waals surface area contributed by atoms with Crippen molar-refractivity contribution in [3.63, 3.8) is 0 Å². The van der Waals surface area contributed by atoms with Crippen LogP contribution in [0, 0.1) is 12.8 Å². The summed E-state index contributed by atoms with van der Waals surface area (Å²) in [5.41, 5.74) is 4.91. The molecule has 1 amide bonds. The average Bonchev–Trinajstić information content (AvgIpc) is 3.70. The first-order valence-corrected chi connectivity index (χ1v) is 15.4. The molecule has 2 aliphatic rings. The van der Waals surface area contributed by atoms with Crippen LogP contribution in [0.1, 0.15) is 45.9 Å². The third-order valence-corrected chi connectivity index (χ3v) is 9.58. The van der Waals surface area contributed by atoms with Crippen molar-refractivity contribution < 1.29 is 19.4 Å². The van der Waals surface area contributed by atoms with Crippen LogP contribution in [0.2, 0.25) is 5.02 Å². The number of hydrogen-bond acceptors (Lipinski definition) is 7. The molecule has 2 aromatic carbocycles. The van der Waals surface area contributed by atoms with Crippen molar-refractivity contribution in [3.05, 3.63) is 96.8 Å². The van der Waals surface area contributed by atoms with Crippen molar-refractivity contribution in [2.75, 3.05) is 25.5 Å². The number of benzene rings is 2. The lowest BCUT2D eigenvalue weighted by Gasteiger charge is -2.25. The Balaban J connectivity index is 1.33. The number of amides is 1. The zero-order valence-electron chi connectivity index (χ0n) is 26.0. The van der Waals surface area contributed by atoms with Gasteiger partial charge in [-0.1, -0.05) is 41.9 Å². The molecular formula is C34H34ClN5O6. The summed E-state index contributed by atoms with van der Waals surface area (Å²) < 4.78 is 7.88. The molecule has 2 aromatic heterocycles. The van der Waals surface area contributed by atoms with E-state index in [9.17, 15) is 24.3 Å². The van der Waals surface area contributed by atoms with Gasteiger partial charge in [-0.25, -0.2) is 9.78 Å². The minimum atomic E-state index is -0.756. The molecule has 0 unspecified atom stereocenters. The summed E-state index contributed by atoms with van der Waals surface area (Å²) in [7, 11) is 4.40. The number of hydrogen-bond donors (Lipinski definition) is 2. The van der Waals surface area contributed by atoms with Crippen LogP contribution in [0.15, 0.2) is 58.3 Å². The Labute approximate surface area is 270 Å². The van der Waals surface area contributed by atoms with E-state index in [0.29, 0.717) is 35.2 Å². The van der Waals surface area contributed by atoms with Gasteiger partial charge in [-0.2, -0.15) is 0 Å². The molecule has 2 atom stereocenters. The van der Waals surface area contributed by atoms with Gasteiger partial charge in [0, 0.05) is 55.3 Å². The van der Waals surface area contributed by atoms with Gasteiger partial charge < -0.3 is 19.7 Å². The molecule has 0 spiro atoms. The van der Waals surface area contributed by atoms with E-state index in [4.69, 9.17) is 21.3 Å². The number of ether oxygens (including phenoxy) is 1. The number of halogens is 1. The molecule has 2 N–H and O–H groups in total. The maximum absolute atomic E-state index is 13.1. The van der Waals surface area contributed by atoms with Gasteiger partial charge in [-0.3, -0.25) is 23.9 Å². The van der Waals surface area contributed by atoms with E-state index in [1.54, 1.807) is 19.2 Å². The fraction of sp³-hybridized carbons (Fsp3) is 0.324. The second kappa shape index (κ2) is 12.2. The summed E-state index contributed by atoms with van der Waals surface area (Å²) in [5.74, 6) is -1.23. The summed E-state index contributed by atoms with van der Waals surface area (Å²) in [6.07, 6.45) is 3.54. The monoisotopic (exact) mass is 643 g/mol. The van der Waals surface area contributed by atoms with Gasteiger partial charge in [-0.15, -0.1) is 0 Å². The third-order valence-electron chi connectivity index (χ3n) is 9.17. The first-order chi connectivity index (χ1) is 22.0. The highest BCUT2D eigenvalue weighted by atomic mass is 35.5. The number of aryl methyl sites for hydroxylation is 2. The fourth-order valence-corrected chi connectivity index (χ4v) is 6.99. The molecule has 12 heteroatoms. The quantitative estimate of drug-likeness (QED) is 0.302. The molecule has 1 aliphatic carbocycles. The molecule has 1 aliphatic heterocycles. The van der Waals surface area contributed by atoms with Crippen LogP contribution < -0.4 is 21.3 Å². The number of carboxylic acids is 1. The lowest BCUT2D eigenvalue weighted by molar-refractivity contribution is -0.141. The van der Waals surface area contributed by atoms with Gasteiger partial charge in [0.2, 0.25) is 5.88 Å². The number of pyridine rings is 1. The van der Waals surface area contributed by atoms with Gasteiger partial charge in [0.15, 0.2) is 0 Å². The summed E-state index contributed by atoms with van der Waals surface area (Å²) in [4.78, 5) is 56.5. The van der Waals surface area contributed by atoms with Crippen LogP contribution >= 0.6 is 11.6 Å². The van der Waals surface area contributed by atoms with E-state index >= 15 is 0 Å². The standard InChI is InChI=1S/C34H34ClN5O6/c1-18-21(7-6-10-25(18)36-30(41)24-17-38(2)34(45)39(3)32(24)42)22-8-5-9-23(29(22)35)26-15-19-11-12-27(28(19)31(37-26)46-4)40-14-13-20(16-40)33(43)44/h5-10,15,17,20,27H,11-14,16H2,1-4H3,(H,36,41)(H,43,44)/t20-,27-/m1/s1. The third kappa shape index (κ3) is 5.39. The lowest BCUT2D eigenvalue weighted by Crippen LogP contribution is -2.40. The van der Waals surface area contributed by atoms with E-state index < -0.39 is 23.1 Å². The predicted octanol–water partition coefficient (Wildman–Crippen LogP) is 4.43. The molecule has 1 saturated heterocycles. The zero-order valence-corrected chi connectivity index (χ0v) is 26.7. The van der Waals surface area contributed by atoms with Crippen LogP contribution in [0.5, 0.6) is 5.88 Å². The smallest absolute Gasteiger partial charge is 0.330 e. The molecule has 0 saturated carbocycles. The second-order valence-electron chi connectivity index (χ2n) is 11.9. The topological polar surface area (TPSA) is 136 Å². The van der Waals surface area contributed by atoms with Crippen LogP contribution in [0.3, 0.4) is 0 Å². The molecular weight excluding hydrogens is 610 g/mol. The predicted molar refractivity (Wildman–Crippen MR) is 175 cm³/mol. The molecule has 0 radical (unpaired) electrons. The maximum Gasteiger partial charge on any atom is 0.330 e. The Morgan fingerprint density at radius 3 is 2.50 bits per heavy atom. The van der Waals surface area contributed by atoms with Crippen LogP contribution in [0.25, 0.3) is 22.4 Å². The SMILES string of the molecule is COc1nc(-c2cccc(-c3cccc(NC(=O)c4cn(C)c(=O)n(C)c4=O)c3C)c2Cl)cc2c1[C@H](N1CC[C@@H](C(=O)O)C1)CC2. The Morgan fingerprint density at radius 2 is 1.78 bits per heavy atom. The number of rotatable bonds is 7. The highest BCUT2D eigenvalue weighted by molar-refractivity contribution is 6.36. The molecule has 238 valence electrons. The number of aromatic nitrogens is 3. The van der Waals surface area contributed by atoms with Gasteiger partial charge >= 0.3 is 11.7 Å². The highest BCUT2D eigenvalue weighted by Gasteiger charge is 2.38. The maximum atomic E-state index is 13.1. The normalized spacial score (nSPS) is 17.6. The fourth-order valence-electron chi connectivity index (χ4n) is 6.67. The average molecular weight is 644 g/mol. The minimum absolute atomic E-state index is 0.0548. The van der Waals surface area contributed by atoms with Crippen LogP contribution in [0.4, 0.5) is 5.69 Å². The van der Waals surface area contributed by atoms with Crippen molar-refractivity contribution in [1.29, 1.82) is 0 Å². The summed E-state index contributed by atoms with van der Waals surface area (Å²) >= 11 is 7.09. The van der Waals surface area contributed by atoms with E-state index in [2.05, 4.69) is 10.2 Å². The van der Waals surface area contributed by atoms with E-state index in [1.807, 2.05) is 37.3 Å². The summed E-state index contributed by atoms with van der Waals surface area (Å²) in [5, 5.41) is 12.8. The van der Waals surface area contributed by atoms with Gasteiger partial charge in [0.1, 0.15) is 5.56 Å². The first-order valence-electron chi connectivity index (χ1n) is 15.0. The van der Waals surface area contributed by atoms with Crippen LogP contribution in [-0.2, 0) is 25.3 Å². The largest absolute Gasteiger partial charge is 0.481 e. The summed E-state index contributed by atoms with van der Waals surface area (Å²) in [6, 6.07) is 13.2. The number of anilines is 1. The number of nitrogens with zero attached hydrogens (tertiary/aromatic N) is 4. The number of carboxylic acid groups (broad SMARTS) is 1. The Morgan fingerprint density at radius 1 is 1.07 bits per heavy atom. The number of aliphatic carboxylic acids is 1. The first kappa shape index (κ1) is 31.3. The highest BCUT2D eigenvalue weighted by Crippen LogP contribution is 2.45. The molecule has 4 aromatic rings. The molecule has 3 heterocycles. The Hall–Kier alpha value is -4.74. The van der Waals surface area contributed by atoms with Crippen LogP contribution in [-0.4, -0.2) is 56.2 Å². The van der Waals surface area contributed by atoms with E-state index in [1.165, 1.54) is 24.9 Å². The zero-order chi connectivity index (χ0) is 32.9. The van der Waals surface area contributed by atoms with E-state index in [-0.39, 0.29) is 17.5 Å². The van der Waals surface area contributed by atoms with E-state index in [0.717, 1.165) is 57.3 Å². The Kier molecular flexibility index (Phi) is 8.30. The lowest BCUT2D eigenvalue weighted by atomic mass is 9.96. The van der Waals surface area contributed by atoms with Crippen molar-refractivity contribution >= 4 is 29.2 Å². The van der Waals surface area contributed by atoms with Gasteiger partial charge in [0.25, 0.3) is 11.5 Å². The molecule has 11 nitrogen and oxygen atoms in total. The van der Waals surface area contributed by atoms with Crippen molar-refractivity contribution in [2.45, 2.75) is 32.2 Å². The molecule has 1 fully saturated rings. The van der Waals surface area contributed by atoms with Gasteiger partial charge in [0.05, 0.1) is 23.7 Å². The molecule has 46 heavy (non-hydrogen) atoms. The molecule has 0 bridgehead atoms. The molecule has 6 rings (SSSR count). The number of nitrogens with one attached hydrogen (secondary N) is 1. The number of methoxy groups -OCH3 is 1. The second-order valence-corrected chi connectivity index (χ2v) is 12.2. The van der Waals surface area contributed by atoms with Crippen molar-refractivity contribution in [2.24, 2.45) is 20.0 Å². The van der Waals surface area contributed by atoms with Gasteiger partial charge in [-0.05, 0) is 61.6 Å². The number of fused-ring (bicyclic) bond motifs is 1. The summed E-state index contributed by atoms with van der Waals surface area (Å²) in [6.45, 7) is 3.09.